The highest BCUT2D eigenvalue weighted by molar-refractivity contribution is 6.36. The lowest BCUT2D eigenvalue weighted by Gasteiger charge is -2.37. The van der Waals surface area contributed by atoms with E-state index in [2.05, 4.69) is 40.2 Å². The third-order valence-electron chi connectivity index (χ3n) is 8.29. The number of nitrogens with one attached hydrogen (secondary N) is 1. The largest absolute Gasteiger partial charge is 0.463 e. The highest BCUT2D eigenvalue weighted by atomic mass is 35.5. The number of halogens is 2. The fourth-order valence-corrected chi connectivity index (χ4v) is 6.42. The van der Waals surface area contributed by atoms with Crippen LogP contribution in [0.3, 0.4) is 0 Å². The molecule has 2 fully saturated rings. The van der Waals surface area contributed by atoms with E-state index in [-0.39, 0.29) is 16.5 Å². The van der Waals surface area contributed by atoms with Gasteiger partial charge in [0.2, 0.25) is 0 Å². The molecule has 6 rings (SSSR count). The number of piperazine rings is 1. The van der Waals surface area contributed by atoms with Crippen LogP contribution in [-0.2, 0) is 13.0 Å². The third-order valence-corrected chi connectivity index (χ3v) is 8.65. The van der Waals surface area contributed by atoms with Crippen LogP contribution in [-0.4, -0.2) is 74.3 Å². The second-order valence-electron chi connectivity index (χ2n) is 11.6. The van der Waals surface area contributed by atoms with Crippen LogP contribution in [0.15, 0.2) is 30.3 Å². The number of anilines is 2. The van der Waals surface area contributed by atoms with E-state index >= 15 is 0 Å². The molecule has 1 aromatic heterocycles. The highest BCUT2D eigenvalue weighted by Gasteiger charge is 2.44. The van der Waals surface area contributed by atoms with Crippen molar-refractivity contribution in [2.45, 2.75) is 38.3 Å². The lowest BCUT2D eigenvalue weighted by Crippen LogP contribution is -2.51. The second-order valence-corrected chi connectivity index (χ2v) is 12.0. The Morgan fingerprint density at radius 2 is 2.05 bits per heavy atom. The first-order valence-electron chi connectivity index (χ1n) is 14.0. The van der Waals surface area contributed by atoms with Gasteiger partial charge in [-0.3, -0.25) is 0 Å². The molecule has 2 aromatic carbocycles. The van der Waals surface area contributed by atoms with Gasteiger partial charge < -0.3 is 24.8 Å². The predicted octanol–water partition coefficient (Wildman–Crippen LogP) is 4.40. The molecule has 0 spiro atoms. The highest BCUT2D eigenvalue weighted by Crippen LogP contribution is 2.46. The van der Waals surface area contributed by atoms with Gasteiger partial charge in [-0.05, 0) is 50.9 Å². The average Bonchev–Trinajstić information content (AvgIpc) is 3.72. The average molecular weight is 564 g/mol. The summed E-state index contributed by atoms with van der Waals surface area (Å²) in [7, 11) is 4.19. The summed E-state index contributed by atoms with van der Waals surface area (Å²) in [6.07, 6.45) is 3.48. The van der Waals surface area contributed by atoms with E-state index in [1.807, 2.05) is 18.2 Å². The van der Waals surface area contributed by atoms with E-state index in [1.165, 1.54) is 6.07 Å². The van der Waals surface area contributed by atoms with Gasteiger partial charge in [0.1, 0.15) is 11.6 Å². The van der Waals surface area contributed by atoms with Gasteiger partial charge in [0.25, 0.3) is 0 Å². The molecule has 1 N–H and O–H groups in total. The first kappa shape index (κ1) is 27.0. The minimum atomic E-state index is -0.420. The van der Waals surface area contributed by atoms with E-state index in [9.17, 15) is 9.65 Å². The van der Waals surface area contributed by atoms with E-state index in [4.69, 9.17) is 26.3 Å². The number of nitrogens with zero attached hydrogens (tertiary/aromatic N) is 6. The van der Waals surface area contributed by atoms with E-state index < -0.39 is 5.82 Å². The molecule has 0 radical (unpaired) electrons. The van der Waals surface area contributed by atoms with Gasteiger partial charge in [0.05, 0.1) is 36.4 Å². The maximum atomic E-state index is 14.5. The van der Waals surface area contributed by atoms with Crippen molar-refractivity contribution in [3.8, 4) is 12.1 Å². The molecular formula is C30H35ClFN7O. The van der Waals surface area contributed by atoms with Gasteiger partial charge in [0, 0.05) is 60.8 Å². The summed E-state index contributed by atoms with van der Waals surface area (Å²) >= 11 is 6.48. The van der Waals surface area contributed by atoms with E-state index in [0.717, 1.165) is 79.0 Å². The molecule has 10 heteroatoms. The molecule has 210 valence electrons. The Morgan fingerprint density at radius 1 is 1.20 bits per heavy atom. The number of ether oxygens (including phenoxy) is 1. The molecule has 2 aliphatic heterocycles. The molecule has 1 aliphatic carbocycles. The third kappa shape index (κ3) is 5.40. The van der Waals surface area contributed by atoms with Crippen molar-refractivity contribution in [1.82, 2.24) is 20.2 Å². The van der Waals surface area contributed by atoms with Crippen molar-refractivity contribution in [2.24, 2.45) is 5.41 Å². The number of benzene rings is 2. The Kier molecular flexibility index (Phi) is 7.43. The van der Waals surface area contributed by atoms with Gasteiger partial charge in [-0.25, -0.2) is 4.39 Å². The van der Waals surface area contributed by atoms with Crippen molar-refractivity contribution < 1.29 is 9.13 Å². The van der Waals surface area contributed by atoms with Crippen LogP contribution in [0.1, 0.15) is 30.5 Å². The summed E-state index contributed by atoms with van der Waals surface area (Å²) in [5.41, 5.74) is 3.09. The van der Waals surface area contributed by atoms with Gasteiger partial charge in [-0.2, -0.15) is 15.2 Å². The number of hydrogen-bond acceptors (Lipinski definition) is 8. The first-order valence-corrected chi connectivity index (χ1v) is 14.4. The molecule has 1 atom stereocenters. The van der Waals surface area contributed by atoms with Crippen molar-refractivity contribution in [1.29, 1.82) is 5.26 Å². The van der Waals surface area contributed by atoms with Crippen molar-refractivity contribution in [2.75, 3.05) is 63.2 Å². The predicted molar refractivity (Wildman–Crippen MR) is 156 cm³/mol. The fourth-order valence-electron chi connectivity index (χ4n) is 6.15. The molecule has 0 bridgehead atoms. The molecule has 8 nitrogen and oxygen atoms in total. The monoisotopic (exact) mass is 563 g/mol. The number of rotatable bonds is 8. The Balaban J connectivity index is 1.34. The van der Waals surface area contributed by atoms with Gasteiger partial charge in [-0.15, -0.1) is 0 Å². The molecule has 40 heavy (non-hydrogen) atoms. The minimum Gasteiger partial charge on any atom is -0.463 e. The van der Waals surface area contributed by atoms with Crippen LogP contribution in [0.5, 0.6) is 6.01 Å². The van der Waals surface area contributed by atoms with Gasteiger partial charge in [-0.1, -0.05) is 29.8 Å². The first-order chi connectivity index (χ1) is 19.4. The quantitative estimate of drug-likeness (QED) is 0.432. The molecule has 3 aromatic rings. The van der Waals surface area contributed by atoms with Crippen molar-refractivity contribution >= 4 is 33.9 Å². The maximum absolute atomic E-state index is 14.5. The van der Waals surface area contributed by atoms with Crippen LogP contribution < -0.4 is 19.9 Å². The standard InChI is InChI=1S/C30H35ClFN7O/c1-37(2)18-30(10-11-30)19-40-29-35-24-17-38(25-5-3-4-20-6-7-23(32)27(31)26(20)25)14-9-22(24)28(36-29)39-15-13-34-21(16-39)8-12-33/h3-7,21,34H,8-11,13-19H2,1-2H3/t21-/m0/s1. The van der Waals surface area contributed by atoms with Gasteiger partial charge >= 0.3 is 6.01 Å². The summed E-state index contributed by atoms with van der Waals surface area (Å²) in [5.74, 6) is 0.486. The van der Waals surface area contributed by atoms with Gasteiger partial charge in [0.15, 0.2) is 0 Å². The number of fused-ring (bicyclic) bond motifs is 2. The van der Waals surface area contributed by atoms with Crippen LogP contribution in [0, 0.1) is 22.6 Å². The lowest BCUT2D eigenvalue weighted by atomic mass is 10.0. The van der Waals surface area contributed by atoms with E-state index in [0.29, 0.717) is 32.1 Å². The Hall–Kier alpha value is -3.19. The lowest BCUT2D eigenvalue weighted by molar-refractivity contribution is 0.182. The molecule has 1 saturated carbocycles. The number of nitriles is 1. The second kappa shape index (κ2) is 11.0. The molecule has 0 amide bonds. The summed E-state index contributed by atoms with van der Waals surface area (Å²) in [6.45, 7) is 5.15. The molecule has 3 heterocycles. The zero-order valence-corrected chi connectivity index (χ0v) is 23.8. The molecule has 0 unspecified atom stereocenters. The Bertz CT molecular complexity index is 1450. The summed E-state index contributed by atoms with van der Waals surface area (Å²) < 4.78 is 20.8. The fraction of sp³-hybridized carbons (Fsp3) is 0.500. The van der Waals surface area contributed by atoms with Crippen molar-refractivity contribution in [3.63, 3.8) is 0 Å². The van der Waals surface area contributed by atoms with Crippen LogP contribution in [0.2, 0.25) is 5.02 Å². The smallest absolute Gasteiger partial charge is 0.318 e. The normalized spacial score (nSPS) is 19.9. The van der Waals surface area contributed by atoms with Crippen LogP contribution >= 0.6 is 11.6 Å². The van der Waals surface area contributed by atoms with Crippen LogP contribution in [0.25, 0.3) is 10.8 Å². The number of hydrogen-bond donors (Lipinski definition) is 1. The number of aromatic nitrogens is 2. The Morgan fingerprint density at radius 3 is 2.83 bits per heavy atom. The van der Waals surface area contributed by atoms with E-state index in [1.54, 1.807) is 6.07 Å². The minimum absolute atomic E-state index is 0.0939. The Labute approximate surface area is 239 Å². The maximum Gasteiger partial charge on any atom is 0.318 e. The summed E-state index contributed by atoms with van der Waals surface area (Å²) in [4.78, 5) is 16.6. The molecule has 3 aliphatic rings. The molecule has 1 saturated heterocycles. The SMILES string of the molecule is CN(C)CC1(COc2nc3c(c(N4CCN[C@@H](CC#N)C4)n2)CCN(c2cccc4ccc(F)c(Cl)c24)C3)CC1. The van der Waals surface area contributed by atoms with Crippen LogP contribution in [0.4, 0.5) is 15.9 Å². The zero-order valence-electron chi connectivity index (χ0n) is 23.1. The summed E-state index contributed by atoms with van der Waals surface area (Å²) in [6, 6.07) is 11.9. The topological polar surface area (TPSA) is 80.5 Å². The zero-order chi connectivity index (χ0) is 27.9. The summed E-state index contributed by atoms with van der Waals surface area (Å²) in [5, 5.41) is 14.5. The van der Waals surface area contributed by atoms with Crippen molar-refractivity contribution in [3.05, 3.63) is 52.4 Å². The molecular weight excluding hydrogens is 529 g/mol.